The minimum absolute atomic E-state index is 0.0905. The van der Waals surface area contributed by atoms with Crippen molar-refractivity contribution in [2.45, 2.75) is 32.4 Å². The molecule has 0 radical (unpaired) electrons. The zero-order chi connectivity index (χ0) is 12.3. The smallest absolute Gasteiger partial charge is 0.227 e. The Balaban J connectivity index is 2.05. The van der Waals surface area contributed by atoms with Gasteiger partial charge in [-0.2, -0.15) is 0 Å². The van der Waals surface area contributed by atoms with Gasteiger partial charge in [-0.25, -0.2) is 0 Å². The van der Waals surface area contributed by atoms with Gasteiger partial charge in [-0.3, -0.25) is 9.78 Å². The summed E-state index contributed by atoms with van der Waals surface area (Å²) in [5, 5.41) is 0. The van der Waals surface area contributed by atoms with Crippen molar-refractivity contribution in [2.75, 3.05) is 6.54 Å². The molecule has 2 N–H and O–H groups in total. The van der Waals surface area contributed by atoms with Gasteiger partial charge in [-0.05, 0) is 24.5 Å². The number of carbonyl (C=O) groups excluding carboxylic acids is 1. The fourth-order valence-electron chi connectivity index (χ4n) is 1.85. The summed E-state index contributed by atoms with van der Waals surface area (Å²) in [4.78, 5) is 18.2. The maximum absolute atomic E-state index is 12.2. The van der Waals surface area contributed by atoms with Gasteiger partial charge in [0.05, 0.1) is 0 Å². The van der Waals surface area contributed by atoms with Gasteiger partial charge >= 0.3 is 0 Å². The van der Waals surface area contributed by atoms with E-state index in [0.717, 1.165) is 18.4 Å². The Morgan fingerprint density at radius 1 is 1.65 bits per heavy atom. The third-order valence-electron chi connectivity index (χ3n) is 3.12. The molecule has 1 amide bonds. The van der Waals surface area contributed by atoms with E-state index >= 15 is 0 Å². The van der Waals surface area contributed by atoms with E-state index in [2.05, 4.69) is 4.98 Å². The molecular formula is C13H19N3O. The number of carbonyl (C=O) groups is 1. The molecule has 4 nitrogen and oxygen atoms in total. The van der Waals surface area contributed by atoms with E-state index in [1.54, 1.807) is 6.20 Å². The van der Waals surface area contributed by atoms with Gasteiger partial charge in [0.25, 0.3) is 0 Å². The summed E-state index contributed by atoms with van der Waals surface area (Å²) in [6, 6.07) is 4.32. The maximum atomic E-state index is 12.2. The molecule has 1 aromatic heterocycles. The molecule has 0 saturated heterocycles. The Bertz CT molecular complexity index is 376. The topological polar surface area (TPSA) is 59.2 Å². The summed E-state index contributed by atoms with van der Waals surface area (Å²) >= 11 is 0. The molecule has 0 aliphatic heterocycles. The van der Waals surface area contributed by atoms with Crippen molar-refractivity contribution < 1.29 is 4.79 Å². The number of pyridine rings is 1. The quantitative estimate of drug-likeness (QED) is 0.830. The fraction of sp³-hybridized carbons (Fsp3) is 0.538. The molecule has 0 bridgehead atoms. The van der Waals surface area contributed by atoms with E-state index in [1.807, 2.05) is 30.2 Å². The first-order chi connectivity index (χ1) is 8.22. The molecule has 2 rings (SSSR count). The first-order valence-electron chi connectivity index (χ1n) is 6.12. The molecule has 1 aliphatic rings. The third-order valence-corrected chi connectivity index (χ3v) is 3.12. The van der Waals surface area contributed by atoms with E-state index in [9.17, 15) is 4.79 Å². The highest BCUT2D eigenvalue weighted by Crippen LogP contribution is 2.29. The van der Waals surface area contributed by atoms with Crippen LogP contribution in [0.2, 0.25) is 0 Å². The van der Waals surface area contributed by atoms with Crippen molar-refractivity contribution in [1.29, 1.82) is 0 Å². The average Bonchev–Trinajstić information content (AvgIpc) is 3.19. The van der Waals surface area contributed by atoms with Gasteiger partial charge in [0, 0.05) is 37.4 Å². The Morgan fingerprint density at radius 3 is 2.94 bits per heavy atom. The Hall–Kier alpha value is -1.42. The van der Waals surface area contributed by atoms with Crippen molar-refractivity contribution in [3.05, 3.63) is 30.1 Å². The van der Waals surface area contributed by atoms with Crippen molar-refractivity contribution >= 4 is 5.91 Å². The summed E-state index contributed by atoms with van der Waals surface area (Å²) in [7, 11) is 0. The standard InChI is InChI=1S/C13H19N3O/c1-10(7-14)13(17)16(12-4-5-12)9-11-3-2-6-15-8-11/h2-3,6,8,10,12H,4-5,7,9,14H2,1H3. The largest absolute Gasteiger partial charge is 0.335 e. The first kappa shape index (κ1) is 12.0. The number of amides is 1. The lowest BCUT2D eigenvalue weighted by Crippen LogP contribution is -2.39. The summed E-state index contributed by atoms with van der Waals surface area (Å²) in [6.45, 7) is 2.96. The van der Waals surface area contributed by atoms with Crippen LogP contribution in [0.25, 0.3) is 0 Å². The van der Waals surface area contributed by atoms with Gasteiger partial charge in [-0.15, -0.1) is 0 Å². The highest BCUT2D eigenvalue weighted by molar-refractivity contribution is 5.79. The first-order valence-corrected chi connectivity index (χ1v) is 6.12. The Morgan fingerprint density at radius 2 is 2.41 bits per heavy atom. The summed E-state index contributed by atoms with van der Waals surface area (Å²) in [5.74, 6) is 0.0751. The summed E-state index contributed by atoms with van der Waals surface area (Å²) in [6.07, 6.45) is 5.79. The van der Waals surface area contributed by atoms with Crippen LogP contribution in [0, 0.1) is 5.92 Å². The Kier molecular flexibility index (Phi) is 3.74. The molecule has 92 valence electrons. The van der Waals surface area contributed by atoms with Gasteiger partial charge in [0.2, 0.25) is 5.91 Å². The molecule has 1 unspecified atom stereocenters. The predicted octanol–water partition coefficient (Wildman–Crippen LogP) is 1.17. The monoisotopic (exact) mass is 233 g/mol. The SMILES string of the molecule is CC(CN)C(=O)N(Cc1cccnc1)C1CC1. The van der Waals surface area contributed by atoms with Crippen molar-refractivity contribution in [3.63, 3.8) is 0 Å². The van der Waals surface area contributed by atoms with Crippen LogP contribution in [0.5, 0.6) is 0 Å². The fourth-order valence-corrected chi connectivity index (χ4v) is 1.85. The average molecular weight is 233 g/mol. The molecule has 1 aliphatic carbocycles. The lowest BCUT2D eigenvalue weighted by Gasteiger charge is -2.25. The third kappa shape index (κ3) is 3.03. The van der Waals surface area contributed by atoms with Crippen LogP contribution in [-0.4, -0.2) is 28.4 Å². The zero-order valence-electron chi connectivity index (χ0n) is 10.2. The van der Waals surface area contributed by atoms with E-state index < -0.39 is 0 Å². The van der Waals surface area contributed by atoms with Gasteiger partial charge in [0.15, 0.2) is 0 Å². The molecule has 1 heterocycles. The maximum Gasteiger partial charge on any atom is 0.227 e. The molecular weight excluding hydrogens is 214 g/mol. The molecule has 1 aromatic rings. The number of aromatic nitrogens is 1. The van der Waals surface area contributed by atoms with E-state index in [1.165, 1.54) is 0 Å². The van der Waals surface area contributed by atoms with Crippen LogP contribution >= 0.6 is 0 Å². The van der Waals surface area contributed by atoms with Gasteiger partial charge in [-0.1, -0.05) is 13.0 Å². The highest BCUT2D eigenvalue weighted by Gasteiger charge is 2.34. The second-order valence-corrected chi connectivity index (χ2v) is 4.70. The lowest BCUT2D eigenvalue weighted by molar-refractivity contribution is -0.135. The minimum Gasteiger partial charge on any atom is -0.335 e. The molecule has 1 atom stereocenters. The van der Waals surface area contributed by atoms with E-state index in [-0.39, 0.29) is 11.8 Å². The molecule has 17 heavy (non-hydrogen) atoms. The molecule has 0 spiro atoms. The second kappa shape index (κ2) is 5.27. The number of nitrogens with two attached hydrogens (primary N) is 1. The normalized spacial score (nSPS) is 16.6. The lowest BCUT2D eigenvalue weighted by atomic mass is 10.1. The number of hydrogen-bond donors (Lipinski definition) is 1. The van der Waals surface area contributed by atoms with E-state index in [4.69, 9.17) is 5.73 Å². The summed E-state index contributed by atoms with van der Waals surface area (Å²) in [5.41, 5.74) is 6.65. The van der Waals surface area contributed by atoms with Crippen LogP contribution in [0.1, 0.15) is 25.3 Å². The molecule has 0 aromatic carbocycles. The van der Waals surface area contributed by atoms with Crippen LogP contribution < -0.4 is 5.73 Å². The van der Waals surface area contributed by atoms with Crippen LogP contribution in [0.4, 0.5) is 0 Å². The van der Waals surface area contributed by atoms with Crippen LogP contribution in [0.3, 0.4) is 0 Å². The van der Waals surface area contributed by atoms with Gasteiger partial charge in [0.1, 0.15) is 0 Å². The van der Waals surface area contributed by atoms with Crippen LogP contribution in [0.15, 0.2) is 24.5 Å². The van der Waals surface area contributed by atoms with Crippen molar-refractivity contribution in [1.82, 2.24) is 9.88 Å². The van der Waals surface area contributed by atoms with Gasteiger partial charge < -0.3 is 10.6 Å². The Labute approximate surface area is 102 Å². The predicted molar refractivity (Wildman–Crippen MR) is 66.0 cm³/mol. The molecule has 1 saturated carbocycles. The zero-order valence-corrected chi connectivity index (χ0v) is 10.2. The highest BCUT2D eigenvalue weighted by atomic mass is 16.2. The molecule has 1 fully saturated rings. The van der Waals surface area contributed by atoms with E-state index in [0.29, 0.717) is 19.1 Å². The number of hydrogen-bond acceptors (Lipinski definition) is 3. The van der Waals surface area contributed by atoms with Crippen molar-refractivity contribution in [3.8, 4) is 0 Å². The number of nitrogens with zero attached hydrogens (tertiary/aromatic N) is 2. The minimum atomic E-state index is -0.0905. The number of rotatable bonds is 5. The second-order valence-electron chi connectivity index (χ2n) is 4.70. The molecule has 4 heteroatoms. The summed E-state index contributed by atoms with van der Waals surface area (Å²) < 4.78 is 0. The van der Waals surface area contributed by atoms with Crippen molar-refractivity contribution in [2.24, 2.45) is 11.7 Å². The van der Waals surface area contributed by atoms with Crippen LogP contribution in [-0.2, 0) is 11.3 Å².